The molecule has 108 valence electrons. The van der Waals surface area contributed by atoms with Gasteiger partial charge < -0.3 is 5.32 Å². The highest BCUT2D eigenvalue weighted by molar-refractivity contribution is 6.41. The number of hydrogen-bond acceptors (Lipinski definition) is 4. The summed E-state index contributed by atoms with van der Waals surface area (Å²) in [5, 5.41) is 13.6. The number of carbonyl (C=O) groups is 1. The summed E-state index contributed by atoms with van der Waals surface area (Å²) in [6.07, 6.45) is 1.30. The number of nitro groups is 1. The van der Waals surface area contributed by atoms with Gasteiger partial charge in [-0.15, -0.1) is 0 Å². The van der Waals surface area contributed by atoms with Gasteiger partial charge in [0.25, 0.3) is 11.6 Å². The molecule has 0 aliphatic rings. The van der Waals surface area contributed by atoms with Gasteiger partial charge in [-0.05, 0) is 11.6 Å². The van der Waals surface area contributed by atoms with E-state index >= 15 is 0 Å². The van der Waals surface area contributed by atoms with Gasteiger partial charge in [-0.1, -0.05) is 35.3 Å². The Morgan fingerprint density at radius 2 is 2.10 bits per heavy atom. The summed E-state index contributed by atoms with van der Waals surface area (Å²) < 4.78 is 0. The van der Waals surface area contributed by atoms with Crippen molar-refractivity contribution in [2.75, 3.05) is 0 Å². The Labute approximate surface area is 129 Å². The molecule has 0 unspecified atom stereocenters. The summed E-state index contributed by atoms with van der Waals surface area (Å²) in [6, 6.07) is 7.42. The van der Waals surface area contributed by atoms with Crippen LogP contribution in [0.5, 0.6) is 0 Å². The number of benzene rings is 1. The third-order valence-electron chi connectivity index (χ3n) is 2.63. The number of carbonyl (C=O) groups excluding carboxylic acids is 1. The minimum Gasteiger partial charge on any atom is -0.348 e. The quantitative estimate of drug-likeness (QED) is 0.531. The van der Waals surface area contributed by atoms with E-state index in [-0.39, 0.29) is 28.0 Å². The van der Waals surface area contributed by atoms with Gasteiger partial charge in [0, 0.05) is 24.9 Å². The molecule has 0 saturated carbocycles. The van der Waals surface area contributed by atoms with E-state index in [1.807, 2.05) is 0 Å². The molecule has 0 spiro atoms. The number of pyridine rings is 1. The van der Waals surface area contributed by atoms with Crippen molar-refractivity contribution in [3.8, 4) is 0 Å². The topological polar surface area (TPSA) is 85.1 Å². The van der Waals surface area contributed by atoms with E-state index in [4.69, 9.17) is 23.2 Å². The van der Waals surface area contributed by atoms with E-state index in [0.29, 0.717) is 5.56 Å². The maximum atomic E-state index is 11.9. The third kappa shape index (κ3) is 3.90. The molecule has 0 aliphatic heterocycles. The fourth-order valence-electron chi connectivity index (χ4n) is 1.61. The van der Waals surface area contributed by atoms with Crippen LogP contribution in [0, 0.1) is 10.1 Å². The van der Waals surface area contributed by atoms with Gasteiger partial charge in [-0.2, -0.15) is 0 Å². The first-order chi connectivity index (χ1) is 9.97. The average Bonchev–Trinajstić information content (AvgIpc) is 2.48. The van der Waals surface area contributed by atoms with Crippen LogP contribution in [-0.2, 0) is 6.54 Å². The van der Waals surface area contributed by atoms with E-state index in [1.165, 1.54) is 24.4 Å². The lowest BCUT2D eigenvalue weighted by Crippen LogP contribution is -2.23. The van der Waals surface area contributed by atoms with Gasteiger partial charge in [0.1, 0.15) is 5.15 Å². The van der Waals surface area contributed by atoms with E-state index in [1.54, 1.807) is 12.1 Å². The van der Waals surface area contributed by atoms with Crippen LogP contribution >= 0.6 is 23.2 Å². The highest BCUT2D eigenvalue weighted by Gasteiger charge is 2.10. The van der Waals surface area contributed by atoms with Crippen molar-refractivity contribution in [2.45, 2.75) is 6.54 Å². The van der Waals surface area contributed by atoms with E-state index in [2.05, 4.69) is 10.3 Å². The highest BCUT2D eigenvalue weighted by atomic mass is 35.5. The Bertz CT molecular complexity index is 707. The summed E-state index contributed by atoms with van der Waals surface area (Å²) in [4.78, 5) is 25.9. The molecule has 1 N–H and O–H groups in total. The van der Waals surface area contributed by atoms with Crippen molar-refractivity contribution in [1.29, 1.82) is 0 Å². The molecular weight excluding hydrogens is 317 g/mol. The molecule has 0 bridgehead atoms. The summed E-state index contributed by atoms with van der Waals surface area (Å²) in [7, 11) is 0. The zero-order valence-corrected chi connectivity index (χ0v) is 12.1. The summed E-state index contributed by atoms with van der Waals surface area (Å²) in [5.74, 6) is -0.396. The number of rotatable bonds is 4. The predicted octanol–water partition coefficient (Wildman–Crippen LogP) is 3.23. The van der Waals surface area contributed by atoms with Crippen LogP contribution in [-0.4, -0.2) is 15.8 Å². The molecular formula is C13H9Cl2N3O3. The summed E-state index contributed by atoms with van der Waals surface area (Å²) in [6.45, 7) is 0.154. The molecule has 21 heavy (non-hydrogen) atoms. The van der Waals surface area contributed by atoms with Crippen molar-refractivity contribution >= 4 is 34.8 Å². The second kappa shape index (κ2) is 6.51. The van der Waals surface area contributed by atoms with Crippen molar-refractivity contribution < 1.29 is 9.72 Å². The van der Waals surface area contributed by atoms with Gasteiger partial charge in [-0.25, -0.2) is 4.98 Å². The fraction of sp³-hybridized carbons (Fsp3) is 0.0769. The van der Waals surface area contributed by atoms with Crippen molar-refractivity contribution in [3.05, 3.63) is 67.9 Å². The summed E-state index contributed by atoms with van der Waals surface area (Å²) >= 11 is 11.4. The Morgan fingerprint density at radius 1 is 1.33 bits per heavy atom. The molecule has 1 aromatic carbocycles. The number of halogens is 2. The first-order valence-electron chi connectivity index (χ1n) is 5.80. The van der Waals surface area contributed by atoms with Gasteiger partial charge in [0.2, 0.25) is 0 Å². The predicted molar refractivity (Wildman–Crippen MR) is 78.5 cm³/mol. The monoisotopic (exact) mass is 325 g/mol. The van der Waals surface area contributed by atoms with Gasteiger partial charge in [-0.3, -0.25) is 14.9 Å². The Morgan fingerprint density at radius 3 is 2.76 bits per heavy atom. The van der Waals surface area contributed by atoms with E-state index in [9.17, 15) is 14.9 Å². The standard InChI is InChI=1S/C13H9Cl2N3O3/c14-11-5-9(7-16-12(11)15)13(19)17-6-8-2-1-3-10(4-8)18(20)21/h1-5,7H,6H2,(H,17,19). The lowest BCUT2D eigenvalue weighted by atomic mass is 10.2. The molecule has 2 aromatic rings. The lowest BCUT2D eigenvalue weighted by molar-refractivity contribution is -0.384. The molecule has 0 aliphatic carbocycles. The van der Waals surface area contributed by atoms with Crippen LogP contribution in [0.25, 0.3) is 0 Å². The SMILES string of the molecule is O=C(NCc1cccc([N+](=O)[O-])c1)c1cnc(Cl)c(Cl)c1. The normalized spacial score (nSPS) is 10.2. The highest BCUT2D eigenvalue weighted by Crippen LogP contribution is 2.19. The van der Waals surface area contributed by atoms with Gasteiger partial charge >= 0.3 is 0 Å². The number of nitrogens with zero attached hydrogens (tertiary/aromatic N) is 2. The zero-order chi connectivity index (χ0) is 15.4. The third-order valence-corrected chi connectivity index (χ3v) is 3.32. The minimum atomic E-state index is -0.492. The minimum absolute atomic E-state index is 0.0297. The smallest absolute Gasteiger partial charge is 0.269 e. The van der Waals surface area contributed by atoms with Crippen LogP contribution < -0.4 is 5.32 Å². The summed E-state index contributed by atoms with van der Waals surface area (Å²) in [5.41, 5.74) is 0.846. The largest absolute Gasteiger partial charge is 0.348 e. The number of amides is 1. The van der Waals surface area contributed by atoms with Crippen LogP contribution in [0.2, 0.25) is 10.2 Å². The van der Waals surface area contributed by atoms with E-state index in [0.717, 1.165) is 0 Å². The van der Waals surface area contributed by atoms with Crippen LogP contribution in [0.3, 0.4) is 0 Å². The number of non-ortho nitro benzene ring substituents is 1. The van der Waals surface area contributed by atoms with Crippen molar-refractivity contribution in [1.82, 2.24) is 10.3 Å². The lowest BCUT2D eigenvalue weighted by Gasteiger charge is -2.06. The Balaban J connectivity index is 2.05. The Hall–Kier alpha value is -2.18. The van der Waals surface area contributed by atoms with Crippen LogP contribution in [0.15, 0.2) is 36.5 Å². The maximum Gasteiger partial charge on any atom is 0.269 e. The molecule has 1 aromatic heterocycles. The van der Waals surface area contributed by atoms with Crippen molar-refractivity contribution in [2.24, 2.45) is 0 Å². The number of hydrogen-bond donors (Lipinski definition) is 1. The molecule has 0 fully saturated rings. The first kappa shape index (κ1) is 15.2. The number of nitro benzene ring substituents is 1. The fourth-order valence-corrected chi connectivity index (χ4v) is 1.88. The van der Waals surface area contributed by atoms with Crippen molar-refractivity contribution in [3.63, 3.8) is 0 Å². The molecule has 0 atom stereocenters. The second-order valence-corrected chi connectivity index (χ2v) is 4.87. The molecule has 0 radical (unpaired) electrons. The molecule has 0 saturated heterocycles. The second-order valence-electron chi connectivity index (χ2n) is 4.11. The van der Waals surface area contributed by atoms with Crippen LogP contribution in [0.4, 0.5) is 5.69 Å². The molecule has 1 amide bonds. The molecule has 2 rings (SSSR count). The number of nitrogens with one attached hydrogen (secondary N) is 1. The number of aromatic nitrogens is 1. The Kier molecular flexibility index (Phi) is 4.72. The maximum absolute atomic E-state index is 11.9. The van der Waals surface area contributed by atoms with Crippen LogP contribution in [0.1, 0.15) is 15.9 Å². The molecule has 1 heterocycles. The van der Waals surface area contributed by atoms with Gasteiger partial charge in [0.05, 0.1) is 15.5 Å². The first-order valence-corrected chi connectivity index (χ1v) is 6.55. The zero-order valence-electron chi connectivity index (χ0n) is 10.5. The molecule has 6 nitrogen and oxygen atoms in total. The van der Waals surface area contributed by atoms with Gasteiger partial charge in [0.15, 0.2) is 0 Å². The molecule has 8 heteroatoms. The van der Waals surface area contributed by atoms with E-state index < -0.39 is 10.8 Å². The average molecular weight is 326 g/mol.